The summed E-state index contributed by atoms with van der Waals surface area (Å²) >= 11 is 0. The van der Waals surface area contributed by atoms with Gasteiger partial charge in [0.05, 0.1) is 6.61 Å². The summed E-state index contributed by atoms with van der Waals surface area (Å²) in [5.41, 5.74) is 6.66. The lowest BCUT2D eigenvalue weighted by molar-refractivity contribution is -0.116. The molecule has 12 heavy (non-hydrogen) atoms. The molecule has 1 aliphatic heterocycles. The first-order chi connectivity index (χ1) is 5.65. The molecule has 4 N–H and O–H groups in total. The van der Waals surface area contributed by atoms with Crippen molar-refractivity contribution in [3.05, 3.63) is 35.7 Å². The van der Waals surface area contributed by atoms with Gasteiger partial charge in [0.25, 0.3) is 5.91 Å². The zero-order valence-corrected chi connectivity index (χ0v) is 6.50. The number of nitrogens with one attached hydrogen (secondary N) is 1. The van der Waals surface area contributed by atoms with Gasteiger partial charge < -0.3 is 16.2 Å². The molecule has 64 valence electrons. The van der Waals surface area contributed by atoms with E-state index in [4.69, 9.17) is 10.8 Å². The molecule has 0 saturated heterocycles. The van der Waals surface area contributed by atoms with Gasteiger partial charge in [0.2, 0.25) is 0 Å². The van der Waals surface area contributed by atoms with Crippen molar-refractivity contribution in [2.45, 2.75) is 0 Å². The van der Waals surface area contributed by atoms with Crippen LogP contribution in [0.2, 0.25) is 0 Å². The molecule has 1 aliphatic rings. The standard InChI is InChI=1S/C8H10N2O2/c1-5-2-7(9)6(4-11)3-10-8(5)12/h2-3,11H,1,4,9H2,(H,10,12). The van der Waals surface area contributed by atoms with Crippen molar-refractivity contribution < 1.29 is 9.90 Å². The summed E-state index contributed by atoms with van der Waals surface area (Å²) in [5.74, 6) is -0.304. The lowest BCUT2D eigenvalue weighted by atomic mass is 10.2. The third kappa shape index (κ3) is 1.54. The molecule has 0 aromatic rings. The Morgan fingerprint density at radius 1 is 1.67 bits per heavy atom. The van der Waals surface area contributed by atoms with Gasteiger partial charge in [0.15, 0.2) is 0 Å². The predicted molar refractivity (Wildman–Crippen MR) is 44.7 cm³/mol. The van der Waals surface area contributed by atoms with E-state index in [0.29, 0.717) is 11.3 Å². The van der Waals surface area contributed by atoms with E-state index in [1.165, 1.54) is 12.3 Å². The molecule has 0 atom stereocenters. The minimum Gasteiger partial charge on any atom is -0.398 e. The van der Waals surface area contributed by atoms with E-state index in [2.05, 4.69) is 11.9 Å². The molecule has 4 heteroatoms. The smallest absolute Gasteiger partial charge is 0.254 e. The second-order valence-corrected chi connectivity index (χ2v) is 2.43. The van der Waals surface area contributed by atoms with Crippen LogP contribution < -0.4 is 11.1 Å². The van der Waals surface area contributed by atoms with E-state index in [1.54, 1.807) is 0 Å². The first-order valence-electron chi connectivity index (χ1n) is 3.42. The lowest BCUT2D eigenvalue weighted by Crippen LogP contribution is -2.17. The topological polar surface area (TPSA) is 75.3 Å². The van der Waals surface area contributed by atoms with E-state index in [1.807, 2.05) is 0 Å². The minimum absolute atomic E-state index is 0.199. The number of carbonyl (C=O) groups is 1. The van der Waals surface area contributed by atoms with Gasteiger partial charge in [-0.1, -0.05) is 6.58 Å². The Labute approximate surface area is 70.1 Å². The molecule has 0 radical (unpaired) electrons. The van der Waals surface area contributed by atoms with Crippen LogP contribution in [-0.2, 0) is 4.79 Å². The number of aliphatic hydroxyl groups is 1. The first kappa shape index (κ1) is 8.55. The van der Waals surface area contributed by atoms with Gasteiger partial charge in [0.1, 0.15) is 0 Å². The maximum Gasteiger partial charge on any atom is 0.254 e. The Bertz CT molecular complexity index is 289. The van der Waals surface area contributed by atoms with Crippen LogP contribution in [0.1, 0.15) is 0 Å². The van der Waals surface area contributed by atoms with Crippen LogP contribution in [0.5, 0.6) is 0 Å². The van der Waals surface area contributed by atoms with Gasteiger partial charge in [-0.2, -0.15) is 0 Å². The molecule has 0 aliphatic carbocycles. The molecule has 1 heterocycles. The maximum atomic E-state index is 11.0. The van der Waals surface area contributed by atoms with Crippen molar-refractivity contribution >= 4 is 5.91 Å². The number of aliphatic hydroxyl groups excluding tert-OH is 1. The normalized spacial score (nSPS) is 17.8. The molecule has 0 spiro atoms. The van der Waals surface area contributed by atoms with E-state index < -0.39 is 0 Å². The number of hydrogen-bond donors (Lipinski definition) is 3. The summed E-state index contributed by atoms with van der Waals surface area (Å²) in [6, 6.07) is 0. The average Bonchev–Trinajstić information content (AvgIpc) is 2.14. The Morgan fingerprint density at radius 3 is 2.92 bits per heavy atom. The highest BCUT2D eigenvalue weighted by atomic mass is 16.3. The monoisotopic (exact) mass is 166 g/mol. The van der Waals surface area contributed by atoms with Crippen molar-refractivity contribution in [2.24, 2.45) is 5.73 Å². The molecule has 0 saturated carbocycles. The van der Waals surface area contributed by atoms with Crippen LogP contribution in [0.3, 0.4) is 0 Å². The predicted octanol–water partition coefficient (Wildman–Crippen LogP) is -0.609. The molecule has 0 bridgehead atoms. The molecular weight excluding hydrogens is 156 g/mol. The maximum absolute atomic E-state index is 11.0. The fraction of sp³-hybridized carbons (Fsp3) is 0.125. The lowest BCUT2D eigenvalue weighted by Gasteiger charge is -1.99. The number of rotatable bonds is 1. The average molecular weight is 166 g/mol. The van der Waals surface area contributed by atoms with Crippen molar-refractivity contribution in [2.75, 3.05) is 6.61 Å². The number of amides is 1. The molecule has 0 unspecified atom stereocenters. The molecule has 1 amide bonds. The summed E-state index contributed by atoms with van der Waals surface area (Å²) < 4.78 is 0. The fourth-order valence-electron chi connectivity index (χ4n) is 0.812. The van der Waals surface area contributed by atoms with Crippen molar-refractivity contribution in [1.29, 1.82) is 0 Å². The van der Waals surface area contributed by atoms with Gasteiger partial charge in [-0.15, -0.1) is 0 Å². The van der Waals surface area contributed by atoms with Crippen LogP contribution in [0.4, 0.5) is 0 Å². The van der Waals surface area contributed by atoms with Crippen LogP contribution in [0.25, 0.3) is 0 Å². The van der Waals surface area contributed by atoms with Crippen molar-refractivity contribution in [3.8, 4) is 0 Å². The fourth-order valence-corrected chi connectivity index (χ4v) is 0.812. The van der Waals surface area contributed by atoms with Gasteiger partial charge >= 0.3 is 0 Å². The second kappa shape index (κ2) is 3.23. The molecule has 0 aromatic heterocycles. The summed E-state index contributed by atoms with van der Waals surface area (Å²) in [5, 5.41) is 11.2. The summed E-state index contributed by atoms with van der Waals surface area (Å²) in [7, 11) is 0. The zero-order chi connectivity index (χ0) is 9.14. The summed E-state index contributed by atoms with van der Waals surface area (Å²) in [4.78, 5) is 11.0. The Morgan fingerprint density at radius 2 is 2.33 bits per heavy atom. The Kier molecular flexibility index (Phi) is 2.30. The molecular formula is C8H10N2O2. The van der Waals surface area contributed by atoms with Crippen LogP contribution >= 0.6 is 0 Å². The largest absolute Gasteiger partial charge is 0.398 e. The third-order valence-corrected chi connectivity index (χ3v) is 1.54. The summed E-state index contributed by atoms with van der Waals surface area (Å²) in [6.45, 7) is 3.29. The summed E-state index contributed by atoms with van der Waals surface area (Å²) in [6.07, 6.45) is 2.82. The number of nitrogens with two attached hydrogens (primary N) is 1. The highest BCUT2D eigenvalue weighted by molar-refractivity contribution is 5.97. The third-order valence-electron chi connectivity index (χ3n) is 1.54. The zero-order valence-electron chi connectivity index (χ0n) is 6.50. The van der Waals surface area contributed by atoms with Gasteiger partial charge in [0, 0.05) is 23.0 Å². The van der Waals surface area contributed by atoms with E-state index in [-0.39, 0.29) is 18.1 Å². The SMILES string of the molecule is C=C1C=C(N)C(CO)=CNC1=O. The number of carbonyl (C=O) groups excluding carboxylic acids is 1. The highest BCUT2D eigenvalue weighted by Gasteiger charge is 2.10. The molecule has 4 nitrogen and oxygen atoms in total. The molecule has 0 aromatic carbocycles. The van der Waals surface area contributed by atoms with E-state index in [9.17, 15) is 4.79 Å². The van der Waals surface area contributed by atoms with Gasteiger partial charge in [-0.25, -0.2) is 0 Å². The van der Waals surface area contributed by atoms with Gasteiger partial charge in [-0.05, 0) is 6.08 Å². The van der Waals surface area contributed by atoms with Gasteiger partial charge in [-0.3, -0.25) is 4.79 Å². The minimum atomic E-state index is -0.304. The molecule has 0 fully saturated rings. The quantitative estimate of drug-likeness (QED) is 0.455. The molecule has 1 rings (SSSR count). The highest BCUT2D eigenvalue weighted by Crippen LogP contribution is 2.08. The first-order valence-corrected chi connectivity index (χ1v) is 3.42. The van der Waals surface area contributed by atoms with Crippen molar-refractivity contribution in [3.63, 3.8) is 0 Å². The number of hydrogen-bond acceptors (Lipinski definition) is 3. The Hall–Kier alpha value is -1.55. The Balaban J connectivity index is 3.00. The van der Waals surface area contributed by atoms with E-state index >= 15 is 0 Å². The van der Waals surface area contributed by atoms with Crippen LogP contribution in [0.15, 0.2) is 35.7 Å². The van der Waals surface area contributed by atoms with Crippen LogP contribution in [0, 0.1) is 0 Å². The second-order valence-electron chi connectivity index (χ2n) is 2.43. The van der Waals surface area contributed by atoms with Crippen molar-refractivity contribution in [1.82, 2.24) is 5.32 Å². The van der Waals surface area contributed by atoms with E-state index in [0.717, 1.165) is 0 Å². The van der Waals surface area contributed by atoms with Crippen LogP contribution in [-0.4, -0.2) is 17.6 Å².